The van der Waals surface area contributed by atoms with Crippen molar-refractivity contribution in [2.24, 2.45) is 17.8 Å². The van der Waals surface area contributed by atoms with E-state index in [0.29, 0.717) is 11.5 Å². The summed E-state index contributed by atoms with van der Waals surface area (Å²) in [7, 11) is -4.24. The zero-order valence-corrected chi connectivity index (χ0v) is 44.8. The maximum Gasteiger partial charge on any atom is 0.587 e. The number of hydrogen-bond donors (Lipinski definition) is 3. The molecule has 436 valence electrons. The molecule has 1 amide bonds. The number of aliphatic hydroxyl groups is 2. The Balaban J connectivity index is -0.000000127. The maximum absolute atomic E-state index is 14.1. The zero-order valence-electron chi connectivity index (χ0n) is 43.9. The molecule has 0 aromatic heterocycles. The fourth-order valence-electron chi connectivity index (χ4n) is 7.07. The summed E-state index contributed by atoms with van der Waals surface area (Å²) in [6, 6.07) is 16.0. The molecule has 2 aromatic rings. The van der Waals surface area contributed by atoms with E-state index < -0.39 is 44.4 Å². The van der Waals surface area contributed by atoms with Crippen LogP contribution in [0.2, 0.25) is 0 Å². The van der Waals surface area contributed by atoms with Gasteiger partial charge < -0.3 is 34.1 Å². The summed E-state index contributed by atoms with van der Waals surface area (Å²) >= 11 is 0. The number of hydrogen-bond acceptors (Lipinski definition) is 9. The topological polar surface area (TPSA) is 133 Å². The van der Waals surface area contributed by atoms with E-state index in [1.54, 1.807) is 67.6 Å². The minimum atomic E-state index is -4.24. The van der Waals surface area contributed by atoms with Gasteiger partial charge in [0.05, 0.1) is 25.4 Å². The van der Waals surface area contributed by atoms with Crippen LogP contribution in [0.15, 0.2) is 72.8 Å². The van der Waals surface area contributed by atoms with E-state index in [4.69, 9.17) is 23.0 Å². The Morgan fingerprint density at radius 3 is 1.53 bits per heavy atom. The first-order chi connectivity index (χ1) is 37.1. The predicted octanol–water partition coefficient (Wildman–Crippen LogP) is 15.0. The molecule has 2 unspecified atom stereocenters. The summed E-state index contributed by atoms with van der Waals surface area (Å²) < 4.78 is 44.5. The van der Waals surface area contributed by atoms with Crippen LogP contribution < -0.4 is 14.4 Å². The van der Waals surface area contributed by atoms with Gasteiger partial charge in [-0.05, 0) is 151 Å². The molecule has 3 rings (SSSR count). The summed E-state index contributed by atoms with van der Waals surface area (Å²) in [6.45, 7) is 9.50. The second-order valence-corrected chi connectivity index (χ2v) is 18.6. The maximum atomic E-state index is 14.1. The summed E-state index contributed by atoms with van der Waals surface area (Å²) in [4.78, 5) is 13.1. The number of nitrogens with one attached hydrogen (secondary N) is 1. The first kappa shape index (κ1) is 62.3. The quantitative estimate of drug-likeness (QED) is 0.0385. The summed E-state index contributed by atoms with van der Waals surface area (Å²) in [5.74, 6) is 59.9. The molecule has 0 radical (unpaired) electrons. The zero-order chi connectivity index (χ0) is 54.7. The van der Waals surface area contributed by atoms with E-state index in [1.807, 2.05) is 19.9 Å². The Labute approximate surface area is 488 Å². The molecule has 0 bridgehead atoms. The standard InChI is InChI=1S/C65H64NO9P.24H2/c1-6-8-10-12-14-16-18-20-21-22-23-24-25-26-27-28-29-30-32-34-36-38-46-52-63(68)66-60(64(69)61(67)51-45-37-35-33-31-19-17-15-13-11-9-7-2)53-71-65-57(5)55(3)56(4)62(73-65)54-72-76(70,74-58-47-41-39-42-48-58)75-59-49-43-40-44-50-59;;;;;;;;;;;;;;;;;;;;;;;;/h39-45,47-51,55-57,60-62,64-65,67,69H,7,9,11,13,15,17,19,31,33,35,37,53-54H2,1-5H3,(H,66,68);24*1H/t55-,56+,57?,60-,61+,62?,64-,65-;;;;;;;;;;;;;;;;;;;;;;;;/m0......................../s1. The molecule has 0 spiro atoms. The number of amides is 1. The van der Waals surface area contributed by atoms with Crippen LogP contribution >= 0.6 is 7.82 Å². The average Bonchev–Trinajstić information content (AvgIpc) is 0.814. The van der Waals surface area contributed by atoms with Crippen molar-refractivity contribution in [3.63, 3.8) is 0 Å². The van der Waals surface area contributed by atoms with Gasteiger partial charge in [-0.15, -0.1) is 0 Å². The van der Waals surface area contributed by atoms with Gasteiger partial charge in [-0.1, -0.05) is 140 Å². The van der Waals surface area contributed by atoms with Crippen LogP contribution in [0.25, 0.3) is 0 Å². The molecule has 11 heteroatoms. The number of ether oxygens (including phenoxy) is 2. The Morgan fingerprint density at radius 2 is 1.07 bits per heavy atom. The van der Waals surface area contributed by atoms with Gasteiger partial charge in [0.2, 0.25) is 0 Å². The molecule has 1 saturated heterocycles. The lowest BCUT2D eigenvalue weighted by Gasteiger charge is -2.43. The number of aliphatic hydroxyl groups excluding tert-OH is 2. The number of allylic oxidation sites excluding steroid dienone is 1. The highest BCUT2D eigenvalue weighted by atomic mass is 31.2. The minimum absolute atomic E-state index is 0. The molecular formula is C65H112NO9P. The third-order valence-electron chi connectivity index (χ3n) is 11.5. The van der Waals surface area contributed by atoms with Crippen molar-refractivity contribution < 1.29 is 76.9 Å². The van der Waals surface area contributed by atoms with Gasteiger partial charge in [0, 0.05) is 81.6 Å². The van der Waals surface area contributed by atoms with Gasteiger partial charge in [-0.2, -0.15) is 0 Å². The van der Waals surface area contributed by atoms with Gasteiger partial charge >= 0.3 is 7.82 Å². The number of unbranched alkanes of at least 4 members (excludes halogenated alkanes) is 10. The van der Waals surface area contributed by atoms with Crippen molar-refractivity contribution in [1.82, 2.24) is 5.32 Å². The Morgan fingerprint density at radius 1 is 0.632 bits per heavy atom. The first-order valence-electron chi connectivity index (χ1n) is 25.3. The molecule has 1 heterocycles. The second kappa shape index (κ2) is 39.5. The van der Waals surface area contributed by atoms with E-state index in [2.05, 4.69) is 161 Å². The van der Waals surface area contributed by atoms with E-state index >= 15 is 0 Å². The lowest BCUT2D eigenvalue weighted by Crippen LogP contribution is -2.53. The average molecular weight is 1080 g/mol. The number of carbonyl (C=O) groups excluding carboxylic acids is 1. The molecule has 3 N–H and O–H groups in total. The normalized spacial score (nSPS) is 16.6. The van der Waals surface area contributed by atoms with Gasteiger partial charge in [0.15, 0.2) is 6.29 Å². The molecule has 1 aliphatic heterocycles. The van der Waals surface area contributed by atoms with Crippen LogP contribution in [0.4, 0.5) is 0 Å². The van der Waals surface area contributed by atoms with Gasteiger partial charge in [-0.25, -0.2) is 4.57 Å². The highest BCUT2D eigenvalue weighted by Gasteiger charge is 2.43. The van der Waals surface area contributed by atoms with E-state index in [-0.39, 0.29) is 65.2 Å². The minimum Gasteiger partial charge on any atom is -0.395 e. The van der Waals surface area contributed by atoms with Gasteiger partial charge in [0.25, 0.3) is 5.91 Å². The molecule has 2 aromatic carbocycles. The van der Waals surface area contributed by atoms with Crippen LogP contribution in [0.1, 0.15) is 139 Å². The Hall–Kier alpha value is -8.00. The number of benzene rings is 2. The van der Waals surface area contributed by atoms with Crippen molar-refractivity contribution in [3.05, 3.63) is 72.8 Å². The molecule has 1 aliphatic rings. The van der Waals surface area contributed by atoms with Crippen molar-refractivity contribution in [2.75, 3.05) is 13.2 Å². The number of carbonyl (C=O) groups is 1. The largest absolute Gasteiger partial charge is 0.587 e. The van der Waals surface area contributed by atoms with Crippen molar-refractivity contribution in [2.45, 2.75) is 136 Å². The SMILES string of the molecule is CC#CC#CC#CC#CC#CC#CC#CC#CC#CC#CC#CC#CC(=O)N[C@@H](CO[C@H]1OC(COP(=O)(Oc2ccccc2)Oc2ccccc2)[C@H](C)[C@H](C)C1C)[C@H](O)[C@H](O)C=CCCCCCCCCCCCC.[HH].[HH].[HH].[HH].[HH].[HH].[HH].[HH].[HH].[HH].[HH].[HH].[HH].[HH].[HH].[HH].[HH].[HH].[HH].[HH].[HH].[HH].[HH].[HH]. The molecule has 1 fully saturated rings. The summed E-state index contributed by atoms with van der Waals surface area (Å²) in [6.07, 6.45) is 11.9. The van der Waals surface area contributed by atoms with Crippen LogP contribution in [0, 0.1) is 160 Å². The lowest BCUT2D eigenvalue weighted by atomic mass is 9.79. The summed E-state index contributed by atoms with van der Waals surface area (Å²) in [5.41, 5.74) is 0. The van der Waals surface area contributed by atoms with Crippen molar-refractivity contribution >= 4 is 13.7 Å². The van der Waals surface area contributed by atoms with Crippen molar-refractivity contribution in [3.8, 4) is 154 Å². The van der Waals surface area contributed by atoms with Gasteiger partial charge in [-0.3, -0.25) is 9.32 Å². The van der Waals surface area contributed by atoms with E-state index in [0.717, 1.165) is 25.7 Å². The van der Waals surface area contributed by atoms with Gasteiger partial charge in [0.1, 0.15) is 23.7 Å². The van der Waals surface area contributed by atoms with Crippen LogP contribution in [-0.4, -0.2) is 60.0 Å². The Bertz CT molecular complexity index is 3080. The number of phosphoric ester groups is 1. The monoisotopic (exact) mass is 1080 g/mol. The Kier molecular flexibility index (Phi) is 32.3. The number of phosphoric acid groups is 1. The first-order valence-corrected chi connectivity index (χ1v) is 26.8. The number of para-hydroxylation sites is 2. The van der Waals surface area contributed by atoms with E-state index in [1.165, 1.54) is 51.0 Å². The highest BCUT2D eigenvalue weighted by Crippen LogP contribution is 2.50. The highest BCUT2D eigenvalue weighted by molar-refractivity contribution is 7.49. The van der Waals surface area contributed by atoms with Crippen LogP contribution in [-0.2, 0) is 23.4 Å². The molecule has 10 nitrogen and oxygen atoms in total. The fourth-order valence-corrected chi connectivity index (χ4v) is 8.30. The molecule has 8 atom stereocenters. The van der Waals surface area contributed by atoms with Crippen LogP contribution in [0.3, 0.4) is 0 Å². The summed E-state index contributed by atoms with van der Waals surface area (Å²) in [5, 5.41) is 25.3. The fraction of sp³-hybridized carbons (Fsp3) is 0.400. The molecular weight excluding hydrogens is 970 g/mol. The third kappa shape index (κ3) is 27.9. The predicted molar refractivity (Wildman–Crippen MR) is 349 cm³/mol. The number of rotatable bonds is 25. The van der Waals surface area contributed by atoms with Crippen LogP contribution in [0.5, 0.6) is 11.5 Å². The van der Waals surface area contributed by atoms with E-state index in [9.17, 15) is 19.6 Å². The smallest absolute Gasteiger partial charge is 0.395 e. The molecule has 0 saturated carbocycles. The molecule has 0 aliphatic carbocycles. The van der Waals surface area contributed by atoms with Crippen molar-refractivity contribution in [1.29, 1.82) is 0 Å². The second-order valence-electron chi connectivity index (χ2n) is 17.1. The lowest BCUT2D eigenvalue weighted by molar-refractivity contribution is -0.256. The third-order valence-corrected chi connectivity index (χ3v) is 12.8. The molecule has 76 heavy (non-hydrogen) atoms.